The van der Waals surface area contributed by atoms with Gasteiger partial charge in [-0.05, 0) is 33.6 Å². The fourth-order valence-corrected chi connectivity index (χ4v) is 2.51. The van der Waals surface area contributed by atoms with E-state index in [9.17, 15) is 14.4 Å². The number of hydrogen-bond donors (Lipinski definition) is 1. The zero-order chi connectivity index (χ0) is 17.9. The molecule has 0 saturated carbocycles. The first-order valence-corrected chi connectivity index (χ1v) is 7.74. The maximum atomic E-state index is 12.0. The highest BCUT2D eigenvalue weighted by atomic mass is 16.6. The van der Waals surface area contributed by atoms with Gasteiger partial charge in [-0.1, -0.05) is 0 Å². The predicted octanol–water partition coefficient (Wildman–Crippen LogP) is 2.10. The summed E-state index contributed by atoms with van der Waals surface area (Å²) < 4.78 is 5.34. The average molecular weight is 335 g/mol. The summed E-state index contributed by atoms with van der Waals surface area (Å²) in [6.45, 7) is 6.41. The van der Waals surface area contributed by atoms with Crippen LogP contribution in [0.5, 0.6) is 0 Å². The Balaban J connectivity index is 2.05. The number of piperidine rings is 1. The van der Waals surface area contributed by atoms with Crippen molar-refractivity contribution in [3.05, 3.63) is 23.3 Å². The summed E-state index contributed by atoms with van der Waals surface area (Å²) in [5.74, 6) is -0.920. The molecule has 0 aromatic carbocycles. The molecule has 0 bridgehead atoms. The normalized spacial score (nSPS) is 15.9. The third-order valence-electron chi connectivity index (χ3n) is 3.68. The lowest BCUT2D eigenvalue weighted by Crippen LogP contribution is -2.41. The van der Waals surface area contributed by atoms with Crippen LogP contribution in [0.4, 0.5) is 4.79 Å². The Kier molecular flexibility index (Phi) is 5.16. The Morgan fingerprint density at radius 2 is 1.96 bits per heavy atom. The average Bonchev–Trinajstić information content (AvgIpc) is 2.52. The molecule has 0 atom stereocenters. The number of rotatable bonds is 3. The second-order valence-electron chi connectivity index (χ2n) is 6.70. The fourth-order valence-electron chi connectivity index (χ4n) is 2.51. The summed E-state index contributed by atoms with van der Waals surface area (Å²) in [4.78, 5) is 43.8. The Labute approximate surface area is 139 Å². The number of carboxylic acids is 1. The molecule has 1 fully saturated rings. The second-order valence-corrected chi connectivity index (χ2v) is 6.70. The van der Waals surface area contributed by atoms with Crippen molar-refractivity contribution >= 4 is 18.3 Å². The van der Waals surface area contributed by atoms with Crippen LogP contribution in [0.2, 0.25) is 0 Å². The van der Waals surface area contributed by atoms with Crippen LogP contribution in [0.3, 0.4) is 0 Å². The summed E-state index contributed by atoms with van der Waals surface area (Å²) in [6.07, 6.45) is 2.53. The van der Waals surface area contributed by atoms with Gasteiger partial charge in [-0.25, -0.2) is 19.6 Å². The number of aromatic carboxylic acids is 1. The Bertz CT molecular complexity index is 646. The first-order chi connectivity index (χ1) is 11.2. The zero-order valence-corrected chi connectivity index (χ0v) is 14.0. The molecule has 2 rings (SSSR count). The molecule has 0 unspecified atom stereocenters. The monoisotopic (exact) mass is 335 g/mol. The first-order valence-electron chi connectivity index (χ1n) is 7.74. The van der Waals surface area contributed by atoms with Crippen molar-refractivity contribution < 1.29 is 24.2 Å². The molecule has 0 aliphatic carbocycles. The van der Waals surface area contributed by atoms with Crippen molar-refractivity contribution in [1.82, 2.24) is 14.9 Å². The van der Waals surface area contributed by atoms with E-state index in [1.54, 1.807) is 4.90 Å². The van der Waals surface area contributed by atoms with Crippen LogP contribution in [0.25, 0.3) is 0 Å². The maximum absolute atomic E-state index is 12.0. The number of aldehydes is 1. The van der Waals surface area contributed by atoms with Gasteiger partial charge in [-0.2, -0.15) is 0 Å². The Morgan fingerprint density at radius 3 is 2.46 bits per heavy atom. The Hall–Kier alpha value is -2.51. The van der Waals surface area contributed by atoms with Gasteiger partial charge >= 0.3 is 12.1 Å². The fraction of sp³-hybridized carbons (Fsp3) is 0.562. The summed E-state index contributed by atoms with van der Waals surface area (Å²) in [5, 5.41) is 9.12. The van der Waals surface area contributed by atoms with Crippen molar-refractivity contribution in [2.75, 3.05) is 13.1 Å². The standard InChI is InChI=1S/C16H21N3O5/c1-16(2,3)24-15(23)19-6-4-10(5-7-19)13-17-8-11(9-20)12(18-13)14(21)22/h8-10H,4-7H2,1-3H3,(H,21,22). The van der Waals surface area contributed by atoms with Gasteiger partial charge in [-0.15, -0.1) is 0 Å². The number of nitrogens with zero attached hydrogens (tertiary/aromatic N) is 3. The largest absolute Gasteiger partial charge is 0.476 e. The third kappa shape index (κ3) is 4.27. The van der Waals surface area contributed by atoms with E-state index >= 15 is 0 Å². The van der Waals surface area contributed by atoms with E-state index in [0.717, 1.165) is 0 Å². The number of aromatic nitrogens is 2. The summed E-state index contributed by atoms with van der Waals surface area (Å²) >= 11 is 0. The van der Waals surface area contributed by atoms with Gasteiger partial charge in [0, 0.05) is 25.2 Å². The van der Waals surface area contributed by atoms with Gasteiger partial charge in [0.15, 0.2) is 12.0 Å². The highest BCUT2D eigenvalue weighted by molar-refractivity contribution is 5.94. The van der Waals surface area contributed by atoms with E-state index in [0.29, 0.717) is 38.0 Å². The molecule has 2 heterocycles. The van der Waals surface area contributed by atoms with Crippen LogP contribution in [-0.2, 0) is 4.74 Å². The molecule has 1 aromatic heterocycles. The Morgan fingerprint density at radius 1 is 1.33 bits per heavy atom. The minimum atomic E-state index is -1.26. The van der Waals surface area contributed by atoms with Crippen LogP contribution in [0.1, 0.15) is 66.2 Å². The van der Waals surface area contributed by atoms with E-state index in [-0.39, 0.29) is 23.3 Å². The molecule has 1 N–H and O–H groups in total. The summed E-state index contributed by atoms with van der Waals surface area (Å²) in [5.41, 5.74) is -0.875. The van der Waals surface area contributed by atoms with Crippen molar-refractivity contribution in [2.45, 2.75) is 45.1 Å². The molecule has 8 nitrogen and oxygen atoms in total. The smallest absolute Gasteiger partial charge is 0.410 e. The molecule has 1 aromatic rings. The summed E-state index contributed by atoms with van der Waals surface area (Å²) in [7, 11) is 0. The highest BCUT2D eigenvalue weighted by Crippen LogP contribution is 2.26. The van der Waals surface area contributed by atoms with Crippen LogP contribution in [-0.4, -0.2) is 57.0 Å². The zero-order valence-electron chi connectivity index (χ0n) is 14.0. The molecular formula is C16H21N3O5. The van der Waals surface area contributed by atoms with E-state index in [1.165, 1.54) is 6.20 Å². The van der Waals surface area contributed by atoms with Crippen molar-refractivity contribution in [3.8, 4) is 0 Å². The molecule has 1 aliphatic heterocycles. The molecule has 0 radical (unpaired) electrons. The number of carboxylic acid groups (broad SMARTS) is 1. The van der Waals surface area contributed by atoms with Crippen LogP contribution in [0, 0.1) is 0 Å². The number of likely N-dealkylation sites (tertiary alicyclic amines) is 1. The predicted molar refractivity (Wildman–Crippen MR) is 84.2 cm³/mol. The molecule has 8 heteroatoms. The van der Waals surface area contributed by atoms with Crippen LogP contribution < -0.4 is 0 Å². The molecule has 1 aliphatic rings. The molecule has 0 spiro atoms. The van der Waals surface area contributed by atoms with Crippen molar-refractivity contribution in [2.24, 2.45) is 0 Å². The number of amides is 1. The van der Waals surface area contributed by atoms with Gasteiger partial charge in [0.05, 0.1) is 5.56 Å². The van der Waals surface area contributed by atoms with Gasteiger partial charge in [-0.3, -0.25) is 4.79 Å². The lowest BCUT2D eigenvalue weighted by Gasteiger charge is -2.32. The van der Waals surface area contributed by atoms with E-state index in [1.807, 2.05) is 20.8 Å². The first kappa shape index (κ1) is 17.8. The quantitative estimate of drug-likeness (QED) is 0.842. The minimum absolute atomic E-state index is 0.0440. The lowest BCUT2D eigenvalue weighted by atomic mass is 9.96. The molecular weight excluding hydrogens is 314 g/mol. The van der Waals surface area contributed by atoms with Crippen molar-refractivity contribution in [1.29, 1.82) is 0 Å². The van der Waals surface area contributed by atoms with Gasteiger partial charge in [0.2, 0.25) is 0 Å². The van der Waals surface area contributed by atoms with Crippen LogP contribution >= 0.6 is 0 Å². The number of ether oxygens (including phenoxy) is 1. The molecule has 1 amide bonds. The molecule has 24 heavy (non-hydrogen) atoms. The van der Waals surface area contributed by atoms with E-state index in [4.69, 9.17) is 9.84 Å². The van der Waals surface area contributed by atoms with Gasteiger partial charge < -0.3 is 14.7 Å². The highest BCUT2D eigenvalue weighted by Gasteiger charge is 2.29. The topological polar surface area (TPSA) is 110 Å². The van der Waals surface area contributed by atoms with E-state index < -0.39 is 11.6 Å². The van der Waals surface area contributed by atoms with Crippen molar-refractivity contribution in [3.63, 3.8) is 0 Å². The number of hydrogen-bond acceptors (Lipinski definition) is 6. The molecule has 1 saturated heterocycles. The SMILES string of the molecule is CC(C)(C)OC(=O)N1CCC(c2ncc(C=O)c(C(=O)O)n2)CC1. The number of carbonyl (C=O) groups excluding carboxylic acids is 2. The van der Waals surface area contributed by atoms with Gasteiger partial charge in [0.25, 0.3) is 0 Å². The van der Waals surface area contributed by atoms with Gasteiger partial charge in [0.1, 0.15) is 11.4 Å². The maximum Gasteiger partial charge on any atom is 0.410 e. The minimum Gasteiger partial charge on any atom is -0.476 e. The second kappa shape index (κ2) is 6.94. The van der Waals surface area contributed by atoms with Crippen LogP contribution in [0.15, 0.2) is 6.20 Å². The summed E-state index contributed by atoms with van der Waals surface area (Å²) in [6, 6.07) is 0. The molecule has 130 valence electrons. The third-order valence-corrected chi connectivity index (χ3v) is 3.68. The van der Waals surface area contributed by atoms with E-state index in [2.05, 4.69) is 9.97 Å². The number of carbonyl (C=O) groups is 3. The lowest BCUT2D eigenvalue weighted by molar-refractivity contribution is 0.0203.